The molecule has 0 saturated carbocycles. The minimum absolute atomic E-state index is 0.255. The Morgan fingerprint density at radius 2 is 1.96 bits per heavy atom. The topological polar surface area (TPSA) is 50.4 Å². The standard InChI is InChI=1S/C20H31BrN2O2S/c1-4-5-6-7-8-12-22-20(26)23-19(24)17-14-16(21)9-10-18(17)25-13-11-15(2)3/h9-10,14-15H,4-8,11-13H2,1-3H3,(H2,22,23,24,26). The van der Waals surface area contributed by atoms with Gasteiger partial charge in [0.1, 0.15) is 5.75 Å². The summed E-state index contributed by atoms with van der Waals surface area (Å²) in [6, 6.07) is 5.44. The van der Waals surface area contributed by atoms with Crippen LogP contribution in [0.1, 0.15) is 69.7 Å². The fourth-order valence-electron chi connectivity index (χ4n) is 2.36. The van der Waals surface area contributed by atoms with Gasteiger partial charge in [-0.25, -0.2) is 0 Å². The molecular weight excluding hydrogens is 412 g/mol. The summed E-state index contributed by atoms with van der Waals surface area (Å²) >= 11 is 8.64. The SMILES string of the molecule is CCCCCCCNC(=S)NC(=O)c1cc(Br)ccc1OCCC(C)C. The van der Waals surface area contributed by atoms with E-state index in [0.717, 1.165) is 23.9 Å². The summed E-state index contributed by atoms with van der Waals surface area (Å²) in [5.41, 5.74) is 0.482. The maximum atomic E-state index is 12.6. The predicted octanol–water partition coefficient (Wildman–Crippen LogP) is 5.45. The van der Waals surface area contributed by atoms with Gasteiger partial charge in [-0.15, -0.1) is 0 Å². The number of halogens is 1. The van der Waals surface area contributed by atoms with Gasteiger partial charge in [0.15, 0.2) is 5.11 Å². The number of carbonyl (C=O) groups is 1. The van der Waals surface area contributed by atoms with Crippen molar-refractivity contribution in [1.29, 1.82) is 0 Å². The van der Waals surface area contributed by atoms with E-state index in [1.807, 2.05) is 12.1 Å². The number of unbranched alkanes of at least 4 members (excludes halogenated alkanes) is 4. The Labute approximate surface area is 171 Å². The highest BCUT2D eigenvalue weighted by Crippen LogP contribution is 2.23. The van der Waals surface area contributed by atoms with E-state index in [9.17, 15) is 4.79 Å². The van der Waals surface area contributed by atoms with Gasteiger partial charge in [0.2, 0.25) is 0 Å². The van der Waals surface area contributed by atoms with Crippen LogP contribution in [0.25, 0.3) is 0 Å². The molecule has 1 aromatic carbocycles. The van der Waals surface area contributed by atoms with Gasteiger partial charge in [-0.2, -0.15) is 0 Å². The lowest BCUT2D eigenvalue weighted by molar-refractivity contribution is 0.0972. The number of thiocarbonyl (C=S) groups is 1. The van der Waals surface area contributed by atoms with E-state index in [-0.39, 0.29) is 5.91 Å². The van der Waals surface area contributed by atoms with Gasteiger partial charge in [0.25, 0.3) is 5.91 Å². The molecule has 0 bridgehead atoms. The van der Waals surface area contributed by atoms with Crippen LogP contribution in [0.2, 0.25) is 0 Å². The molecule has 0 saturated heterocycles. The first-order chi connectivity index (χ1) is 12.4. The Morgan fingerprint density at radius 3 is 2.65 bits per heavy atom. The van der Waals surface area contributed by atoms with E-state index >= 15 is 0 Å². The van der Waals surface area contributed by atoms with Crippen LogP contribution in [0.5, 0.6) is 5.75 Å². The molecule has 0 aromatic heterocycles. The highest BCUT2D eigenvalue weighted by atomic mass is 79.9. The molecule has 6 heteroatoms. The second-order valence-corrected chi connectivity index (χ2v) is 8.12. The third-order valence-corrected chi connectivity index (χ3v) is 4.67. The first kappa shape index (κ1) is 22.9. The molecule has 1 amide bonds. The second kappa shape index (κ2) is 13.1. The summed E-state index contributed by atoms with van der Waals surface area (Å²) in [4.78, 5) is 12.6. The van der Waals surface area contributed by atoms with Crippen LogP contribution in [0.4, 0.5) is 0 Å². The van der Waals surface area contributed by atoms with Crippen molar-refractivity contribution in [2.45, 2.75) is 59.3 Å². The summed E-state index contributed by atoms with van der Waals surface area (Å²) < 4.78 is 6.62. The lowest BCUT2D eigenvalue weighted by Gasteiger charge is -2.14. The Kier molecular flexibility index (Phi) is 11.5. The summed E-state index contributed by atoms with van der Waals surface area (Å²) in [7, 11) is 0. The lowest BCUT2D eigenvalue weighted by Crippen LogP contribution is -2.39. The summed E-state index contributed by atoms with van der Waals surface area (Å²) in [6.07, 6.45) is 6.91. The van der Waals surface area contributed by atoms with E-state index in [0.29, 0.717) is 29.0 Å². The maximum Gasteiger partial charge on any atom is 0.261 e. The Balaban J connectivity index is 2.51. The van der Waals surface area contributed by atoms with Crippen LogP contribution < -0.4 is 15.4 Å². The highest BCUT2D eigenvalue weighted by Gasteiger charge is 2.15. The van der Waals surface area contributed by atoms with Gasteiger partial charge >= 0.3 is 0 Å². The minimum atomic E-state index is -0.255. The quantitative estimate of drug-likeness (QED) is 0.353. The van der Waals surface area contributed by atoms with Crippen LogP contribution >= 0.6 is 28.1 Å². The number of hydrogen-bond donors (Lipinski definition) is 2. The van der Waals surface area contributed by atoms with Gasteiger partial charge in [-0.05, 0) is 49.2 Å². The molecule has 1 rings (SSSR count). The van der Waals surface area contributed by atoms with Crippen LogP contribution in [0.15, 0.2) is 22.7 Å². The van der Waals surface area contributed by atoms with Crippen molar-refractivity contribution in [3.05, 3.63) is 28.2 Å². The fourth-order valence-corrected chi connectivity index (χ4v) is 2.91. The number of hydrogen-bond acceptors (Lipinski definition) is 3. The number of benzene rings is 1. The predicted molar refractivity (Wildman–Crippen MR) is 116 cm³/mol. The van der Waals surface area contributed by atoms with Crippen LogP contribution in [-0.4, -0.2) is 24.2 Å². The smallest absolute Gasteiger partial charge is 0.261 e. The minimum Gasteiger partial charge on any atom is -0.493 e. The third-order valence-electron chi connectivity index (χ3n) is 3.93. The van der Waals surface area contributed by atoms with E-state index in [2.05, 4.69) is 47.3 Å². The number of carbonyl (C=O) groups excluding carboxylic acids is 1. The first-order valence-electron chi connectivity index (χ1n) is 9.45. The Morgan fingerprint density at radius 1 is 1.23 bits per heavy atom. The van der Waals surface area contributed by atoms with Gasteiger partial charge in [0, 0.05) is 11.0 Å². The van der Waals surface area contributed by atoms with Crippen LogP contribution in [0.3, 0.4) is 0 Å². The van der Waals surface area contributed by atoms with Crippen molar-refractivity contribution in [2.24, 2.45) is 5.92 Å². The molecule has 0 heterocycles. The van der Waals surface area contributed by atoms with Crippen LogP contribution in [0, 0.1) is 5.92 Å². The molecule has 0 aliphatic heterocycles. The molecule has 2 N–H and O–H groups in total. The molecule has 4 nitrogen and oxygen atoms in total. The third kappa shape index (κ3) is 9.53. The average Bonchev–Trinajstić information content (AvgIpc) is 2.58. The average molecular weight is 443 g/mol. The monoisotopic (exact) mass is 442 g/mol. The molecule has 0 aliphatic rings. The molecule has 0 aliphatic carbocycles. The van der Waals surface area contributed by atoms with E-state index in [1.54, 1.807) is 6.07 Å². The molecule has 26 heavy (non-hydrogen) atoms. The van der Waals surface area contributed by atoms with E-state index in [4.69, 9.17) is 17.0 Å². The van der Waals surface area contributed by atoms with Gasteiger partial charge < -0.3 is 10.1 Å². The molecule has 0 atom stereocenters. The summed E-state index contributed by atoms with van der Waals surface area (Å²) in [5, 5.41) is 6.20. The molecule has 1 aromatic rings. The van der Waals surface area contributed by atoms with Crippen molar-refractivity contribution < 1.29 is 9.53 Å². The lowest BCUT2D eigenvalue weighted by atomic mass is 10.1. The zero-order valence-electron chi connectivity index (χ0n) is 16.1. The van der Waals surface area contributed by atoms with E-state index < -0.39 is 0 Å². The Hall–Kier alpha value is -1.14. The second-order valence-electron chi connectivity index (χ2n) is 6.80. The number of rotatable bonds is 11. The maximum absolute atomic E-state index is 12.6. The van der Waals surface area contributed by atoms with Crippen molar-refractivity contribution >= 4 is 39.2 Å². The van der Waals surface area contributed by atoms with Crippen molar-refractivity contribution in [1.82, 2.24) is 10.6 Å². The van der Waals surface area contributed by atoms with Gasteiger partial charge in [0.05, 0.1) is 12.2 Å². The summed E-state index contributed by atoms with van der Waals surface area (Å²) in [6.45, 7) is 7.85. The molecule has 0 unspecified atom stereocenters. The number of nitrogens with one attached hydrogen (secondary N) is 2. The van der Waals surface area contributed by atoms with Crippen molar-refractivity contribution in [3.63, 3.8) is 0 Å². The van der Waals surface area contributed by atoms with Crippen LogP contribution in [-0.2, 0) is 0 Å². The normalized spacial score (nSPS) is 10.7. The highest BCUT2D eigenvalue weighted by molar-refractivity contribution is 9.10. The number of amides is 1. The zero-order valence-corrected chi connectivity index (χ0v) is 18.5. The van der Waals surface area contributed by atoms with Gasteiger partial charge in [-0.3, -0.25) is 10.1 Å². The Bertz CT molecular complexity index is 579. The summed E-state index contributed by atoms with van der Waals surface area (Å²) in [5.74, 6) is 0.875. The number of ether oxygens (including phenoxy) is 1. The molecular formula is C20H31BrN2O2S. The largest absolute Gasteiger partial charge is 0.493 e. The fraction of sp³-hybridized carbons (Fsp3) is 0.600. The van der Waals surface area contributed by atoms with Gasteiger partial charge in [-0.1, -0.05) is 62.4 Å². The first-order valence-corrected chi connectivity index (χ1v) is 10.7. The molecule has 0 spiro atoms. The van der Waals surface area contributed by atoms with Crippen molar-refractivity contribution in [2.75, 3.05) is 13.2 Å². The molecule has 0 radical (unpaired) electrons. The molecule has 0 fully saturated rings. The molecule has 146 valence electrons. The van der Waals surface area contributed by atoms with E-state index in [1.165, 1.54) is 25.7 Å². The van der Waals surface area contributed by atoms with Crippen molar-refractivity contribution in [3.8, 4) is 5.75 Å². The zero-order chi connectivity index (χ0) is 19.4.